The van der Waals surface area contributed by atoms with Crippen LogP contribution in [0, 0.1) is 0 Å². The van der Waals surface area contributed by atoms with E-state index in [1.807, 2.05) is 75.4 Å². The summed E-state index contributed by atoms with van der Waals surface area (Å²) in [5.41, 5.74) is 3.96. The molecule has 0 aliphatic heterocycles. The lowest BCUT2D eigenvalue weighted by atomic mass is 9.90. The molecule has 1 aromatic heterocycles. The monoisotopic (exact) mass is 430 g/mol. The number of esters is 1. The van der Waals surface area contributed by atoms with E-state index < -0.39 is 11.5 Å². The van der Waals surface area contributed by atoms with Crippen molar-refractivity contribution in [3.05, 3.63) is 77.0 Å². The summed E-state index contributed by atoms with van der Waals surface area (Å²) in [6.45, 7) is 6.15. The highest BCUT2D eigenvalue weighted by molar-refractivity contribution is 6.05. The molecule has 5 nitrogen and oxygen atoms in total. The van der Waals surface area contributed by atoms with Crippen LogP contribution in [0.2, 0.25) is 0 Å². The van der Waals surface area contributed by atoms with E-state index in [0.717, 1.165) is 53.4 Å². The molecule has 1 aliphatic rings. The van der Waals surface area contributed by atoms with Gasteiger partial charge in [-0.25, -0.2) is 4.79 Å². The van der Waals surface area contributed by atoms with Crippen molar-refractivity contribution in [3.63, 3.8) is 0 Å². The molecule has 0 radical (unpaired) electrons. The van der Waals surface area contributed by atoms with Crippen LogP contribution in [0.3, 0.4) is 0 Å². The molecule has 0 bridgehead atoms. The first kappa shape index (κ1) is 22.0. The summed E-state index contributed by atoms with van der Waals surface area (Å²) in [4.78, 5) is 32.9. The SMILES string of the molecule is CC(C)(C)N(Cc1ccccc1)C(=O)COC(=O)c1c2c(nc3ccccc13)CCCC2. The van der Waals surface area contributed by atoms with Crippen molar-refractivity contribution in [2.75, 3.05) is 6.61 Å². The lowest BCUT2D eigenvalue weighted by molar-refractivity contribution is -0.140. The second-order valence-electron chi connectivity index (χ2n) is 9.35. The van der Waals surface area contributed by atoms with E-state index in [0.29, 0.717) is 12.1 Å². The number of fused-ring (bicyclic) bond motifs is 2. The fraction of sp³-hybridized carbons (Fsp3) is 0.370. The summed E-state index contributed by atoms with van der Waals surface area (Å²) < 4.78 is 5.62. The largest absolute Gasteiger partial charge is 0.452 e. The van der Waals surface area contributed by atoms with Gasteiger partial charge in [-0.3, -0.25) is 9.78 Å². The fourth-order valence-electron chi connectivity index (χ4n) is 4.35. The average molecular weight is 431 g/mol. The Labute approximate surface area is 189 Å². The Morgan fingerprint density at radius 1 is 0.969 bits per heavy atom. The first-order valence-electron chi connectivity index (χ1n) is 11.3. The molecule has 2 aromatic carbocycles. The Balaban J connectivity index is 1.56. The number of nitrogens with zero attached hydrogens (tertiary/aromatic N) is 2. The number of aromatic nitrogens is 1. The molecule has 166 valence electrons. The van der Waals surface area contributed by atoms with Gasteiger partial charge in [-0.2, -0.15) is 0 Å². The second-order valence-corrected chi connectivity index (χ2v) is 9.35. The highest BCUT2D eigenvalue weighted by Crippen LogP contribution is 2.30. The van der Waals surface area contributed by atoms with Crippen molar-refractivity contribution in [3.8, 4) is 0 Å². The van der Waals surface area contributed by atoms with E-state index in [-0.39, 0.29) is 12.5 Å². The van der Waals surface area contributed by atoms with Crippen molar-refractivity contribution < 1.29 is 14.3 Å². The Hall–Kier alpha value is -3.21. The van der Waals surface area contributed by atoms with Gasteiger partial charge in [0.1, 0.15) is 0 Å². The van der Waals surface area contributed by atoms with Crippen LogP contribution in [-0.4, -0.2) is 33.9 Å². The van der Waals surface area contributed by atoms with Crippen molar-refractivity contribution >= 4 is 22.8 Å². The van der Waals surface area contributed by atoms with Gasteiger partial charge in [-0.05, 0) is 63.6 Å². The number of pyridine rings is 1. The topological polar surface area (TPSA) is 59.5 Å². The van der Waals surface area contributed by atoms with Crippen LogP contribution in [0.25, 0.3) is 10.9 Å². The molecular weight excluding hydrogens is 400 g/mol. The van der Waals surface area contributed by atoms with E-state index in [9.17, 15) is 9.59 Å². The van der Waals surface area contributed by atoms with Crippen LogP contribution in [0.1, 0.15) is 60.8 Å². The molecule has 0 spiro atoms. The second kappa shape index (κ2) is 9.11. The Bertz CT molecular complexity index is 1130. The van der Waals surface area contributed by atoms with Crippen LogP contribution in [0.5, 0.6) is 0 Å². The molecule has 1 heterocycles. The van der Waals surface area contributed by atoms with Crippen LogP contribution in [-0.2, 0) is 28.9 Å². The number of carbonyl (C=O) groups is 2. The fourth-order valence-corrected chi connectivity index (χ4v) is 4.35. The van der Waals surface area contributed by atoms with Crippen LogP contribution >= 0.6 is 0 Å². The molecule has 5 heteroatoms. The van der Waals surface area contributed by atoms with E-state index in [4.69, 9.17) is 9.72 Å². The van der Waals surface area contributed by atoms with E-state index in [1.54, 1.807) is 4.90 Å². The molecule has 0 atom stereocenters. The molecule has 0 saturated carbocycles. The summed E-state index contributed by atoms with van der Waals surface area (Å²) in [6, 6.07) is 17.5. The van der Waals surface area contributed by atoms with Crippen molar-refractivity contribution in [1.29, 1.82) is 0 Å². The zero-order valence-electron chi connectivity index (χ0n) is 19.1. The van der Waals surface area contributed by atoms with Crippen LogP contribution in [0.15, 0.2) is 54.6 Å². The number of hydrogen-bond donors (Lipinski definition) is 0. The summed E-state index contributed by atoms with van der Waals surface area (Å²) in [6.07, 6.45) is 3.79. The van der Waals surface area contributed by atoms with Crippen LogP contribution < -0.4 is 0 Å². The third-order valence-electron chi connectivity index (χ3n) is 5.99. The Kier molecular flexibility index (Phi) is 6.26. The maximum Gasteiger partial charge on any atom is 0.339 e. The molecule has 1 amide bonds. The summed E-state index contributed by atoms with van der Waals surface area (Å²) >= 11 is 0. The third kappa shape index (κ3) is 4.67. The summed E-state index contributed by atoms with van der Waals surface area (Å²) in [7, 11) is 0. The van der Waals surface area contributed by atoms with Gasteiger partial charge >= 0.3 is 5.97 Å². The van der Waals surface area contributed by atoms with Gasteiger partial charge in [-0.15, -0.1) is 0 Å². The first-order valence-corrected chi connectivity index (χ1v) is 11.3. The van der Waals surface area contributed by atoms with E-state index >= 15 is 0 Å². The quantitative estimate of drug-likeness (QED) is 0.529. The van der Waals surface area contributed by atoms with Gasteiger partial charge in [-0.1, -0.05) is 48.5 Å². The van der Waals surface area contributed by atoms with Gasteiger partial charge in [0.2, 0.25) is 0 Å². The van der Waals surface area contributed by atoms with Gasteiger partial charge in [0, 0.05) is 23.2 Å². The summed E-state index contributed by atoms with van der Waals surface area (Å²) in [5, 5.41) is 0.794. The molecule has 32 heavy (non-hydrogen) atoms. The maximum atomic E-state index is 13.2. The van der Waals surface area contributed by atoms with Gasteiger partial charge < -0.3 is 9.64 Å². The van der Waals surface area contributed by atoms with Crippen molar-refractivity contribution in [2.24, 2.45) is 0 Å². The molecular formula is C27H30N2O3. The van der Waals surface area contributed by atoms with Gasteiger partial charge in [0.15, 0.2) is 6.61 Å². The number of hydrogen-bond acceptors (Lipinski definition) is 4. The smallest absolute Gasteiger partial charge is 0.339 e. The number of carbonyl (C=O) groups excluding carboxylic acids is 2. The Morgan fingerprint density at radius 2 is 1.66 bits per heavy atom. The van der Waals surface area contributed by atoms with Crippen LogP contribution in [0.4, 0.5) is 0 Å². The number of para-hydroxylation sites is 1. The normalized spacial score (nSPS) is 13.5. The number of amides is 1. The molecule has 1 aliphatic carbocycles. The number of benzene rings is 2. The van der Waals surface area contributed by atoms with Crippen molar-refractivity contribution in [2.45, 2.75) is 58.5 Å². The zero-order chi connectivity index (χ0) is 22.7. The molecule has 0 fully saturated rings. The standard InChI is InChI=1S/C27H30N2O3/c1-27(2,3)29(17-19-11-5-4-6-12-19)24(30)18-32-26(31)25-20-13-7-9-15-22(20)28-23-16-10-8-14-21(23)25/h4-7,9,11-13,15H,8,10,14,16-18H2,1-3H3. The third-order valence-corrected chi connectivity index (χ3v) is 5.99. The predicted molar refractivity (Wildman–Crippen MR) is 125 cm³/mol. The van der Waals surface area contributed by atoms with Crippen molar-refractivity contribution in [1.82, 2.24) is 9.88 Å². The average Bonchev–Trinajstić information content (AvgIpc) is 2.79. The molecule has 0 unspecified atom stereocenters. The molecule has 0 N–H and O–H groups in total. The summed E-state index contributed by atoms with van der Waals surface area (Å²) in [5.74, 6) is -0.648. The maximum absolute atomic E-state index is 13.2. The molecule has 4 rings (SSSR count). The molecule has 0 saturated heterocycles. The van der Waals surface area contributed by atoms with Gasteiger partial charge in [0.05, 0.1) is 11.1 Å². The minimum Gasteiger partial charge on any atom is -0.452 e. The van der Waals surface area contributed by atoms with E-state index in [1.165, 1.54) is 0 Å². The van der Waals surface area contributed by atoms with E-state index in [2.05, 4.69) is 0 Å². The predicted octanol–water partition coefficient (Wildman–Crippen LogP) is 5.10. The minimum atomic E-state index is -0.441. The number of aryl methyl sites for hydroxylation is 1. The lowest BCUT2D eigenvalue weighted by Gasteiger charge is -2.35. The lowest BCUT2D eigenvalue weighted by Crippen LogP contribution is -2.46. The molecule has 3 aromatic rings. The number of ether oxygens (including phenoxy) is 1. The first-order chi connectivity index (χ1) is 15.3. The minimum absolute atomic E-state index is 0.207. The Morgan fingerprint density at radius 3 is 2.41 bits per heavy atom. The number of rotatable bonds is 5. The van der Waals surface area contributed by atoms with Gasteiger partial charge in [0.25, 0.3) is 5.91 Å². The highest BCUT2D eigenvalue weighted by Gasteiger charge is 2.29. The highest BCUT2D eigenvalue weighted by atomic mass is 16.5. The zero-order valence-corrected chi connectivity index (χ0v) is 19.1.